The second kappa shape index (κ2) is 7.98. The summed E-state index contributed by atoms with van der Waals surface area (Å²) in [6.07, 6.45) is -4.63. The third-order valence-electron chi connectivity index (χ3n) is 5.13. The number of ether oxygens (including phenoxy) is 1. The summed E-state index contributed by atoms with van der Waals surface area (Å²) in [5.41, 5.74) is 0.423. The minimum atomic E-state index is -4.63. The third-order valence-corrected chi connectivity index (χ3v) is 5.40. The SMILES string of the molecule is COc1ccc(N2CN(c3ccc(F)cc3C)c3ccc(C(F)(F)F)cc3C2=O)c(Cl)n1. The number of pyridine rings is 1. The number of hydrogen-bond acceptors (Lipinski definition) is 4. The number of aryl methyl sites for hydroxylation is 1. The second-order valence-electron chi connectivity index (χ2n) is 7.13. The first-order valence-electron chi connectivity index (χ1n) is 9.37. The molecule has 0 aliphatic carbocycles. The number of hydrogen-bond donors (Lipinski definition) is 0. The van der Waals surface area contributed by atoms with Crippen LogP contribution < -0.4 is 14.5 Å². The van der Waals surface area contributed by atoms with E-state index in [1.807, 2.05) is 0 Å². The maximum atomic E-state index is 13.7. The number of carbonyl (C=O) groups is 1. The molecule has 1 aliphatic heterocycles. The van der Waals surface area contributed by atoms with Gasteiger partial charge in [0.1, 0.15) is 12.5 Å². The molecule has 0 radical (unpaired) electrons. The van der Waals surface area contributed by atoms with E-state index in [-0.39, 0.29) is 34.6 Å². The summed E-state index contributed by atoms with van der Waals surface area (Å²) >= 11 is 6.25. The monoisotopic (exact) mass is 465 g/mol. The van der Waals surface area contributed by atoms with Gasteiger partial charge >= 0.3 is 6.18 Å². The van der Waals surface area contributed by atoms with Crippen molar-refractivity contribution in [3.8, 4) is 5.88 Å². The van der Waals surface area contributed by atoms with Crippen LogP contribution in [0.2, 0.25) is 5.15 Å². The molecule has 0 saturated heterocycles. The molecule has 0 unspecified atom stereocenters. The van der Waals surface area contributed by atoms with Crippen molar-refractivity contribution in [3.63, 3.8) is 0 Å². The predicted octanol–water partition coefficient (Wildman–Crippen LogP) is 5.97. The van der Waals surface area contributed by atoms with E-state index in [9.17, 15) is 22.4 Å². The number of rotatable bonds is 3. The Labute approximate surface area is 185 Å². The van der Waals surface area contributed by atoms with Crippen LogP contribution in [0.4, 0.5) is 34.6 Å². The first kappa shape index (κ1) is 21.9. The number of aromatic nitrogens is 1. The Kier molecular flexibility index (Phi) is 5.46. The summed E-state index contributed by atoms with van der Waals surface area (Å²) in [6, 6.07) is 10.0. The molecule has 1 aromatic heterocycles. The molecule has 3 aromatic rings. The van der Waals surface area contributed by atoms with Gasteiger partial charge in [0.05, 0.1) is 29.6 Å². The summed E-state index contributed by atoms with van der Waals surface area (Å²) in [5, 5.41) is -0.0519. The molecule has 5 nitrogen and oxygen atoms in total. The molecule has 2 aromatic carbocycles. The van der Waals surface area contributed by atoms with Crippen molar-refractivity contribution in [1.29, 1.82) is 0 Å². The molecule has 0 fully saturated rings. The van der Waals surface area contributed by atoms with E-state index in [2.05, 4.69) is 4.98 Å². The molecule has 0 bridgehead atoms. The molecular formula is C22H16ClF4N3O2. The zero-order valence-electron chi connectivity index (χ0n) is 16.9. The maximum Gasteiger partial charge on any atom is 0.416 e. The molecule has 4 rings (SSSR count). The van der Waals surface area contributed by atoms with E-state index in [0.29, 0.717) is 11.3 Å². The average Bonchev–Trinajstić information content (AvgIpc) is 2.74. The van der Waals surface area contributed by atoms with Crippen molar-refractivity contribution in [3.05, 3.63) is 76.2 Å². The predicted molar refractivity (Wildman–Crippen MR) is 112 cm³/mol. The van der Waals surface area contributed by atoms with E-state index in [1.54, 1.807) is 11.8 Å². The molecule has 32 heavy (non-hydrogen) atoms. The van der Waals surface area contributed by atoms with Gasteiger partial charge in [-0.3, -0.25) is 9.69 Å². The number of methoxy groups -OCH3 is 1. The van der Waals surface area contributed by atoms with Crippen LogP contribution in [0.15, 0.2) is 48.5 Å². The number of nitrogens with zero attached hydrogens (tertiary/aromatic N) is 3. The Morgan fingerprint density at radius 3 is 2.31 bits per heavy atom. The summed E-state index contributed by atoms with van der Waals surface area (Å²) < 4.78 is 58.8. The largest absolute Gasteiger partial charge is 0.481 e. The number of alkyl halides is 3. The third kappa shape index (κ3) is 3.84. The normalized spacial score (nSPS) is 13.9. The van der Waals surface area contributed by atoms with Crippen molar-refractivity contribution in [2.24, 2.45) is 0 Å². The van der Waals surface area contributed by atoms with Crippen LogP contribution in [0.1, 0.15) is 21.5 Å². The Morgan fingerprint density at radius 2 is 1.69 bits per heavy atom. The highest BCUT2D eigenvalue weighted by atomic mass is 35.5. The summed E-state index contributed by atoms with van der Waals surface area (Å²) in [6.45, 7) is 1.60. The fraction of sp³-hybridized carbons (Fsp3) is 0.182. The van der Waals surface area contributed by atoms with Gasteiger partial charge in [-0.05, 0) is 55.0 Å². The van der Waals surface area contributed by atoms with Crippen LogP contribution in [0.5, 0.6) is 5.88 Å². The van der Waals surface area contributed by atoms with E-state index >= 15 is 0 Å². The Hall–Kier alpha value is -3.33. The summed E-state index contributed by atoms with van der Waals surface area (Å²) in [5.74, 6) is -0.906. The van der Waals surface area contributed by atoms with E-state index in [4.69, 9.17) is 16.3 Å². The number of fused-ring (bicyclic) bond motifs is 1. The Bertz CT molecular complexity index is 1220. The number of carbonyl (C=O) groups excluding carboxylic acids is 1. The summed E-state index contributed by atoms with van der Waals surface area (Å²) in [4.78, 5) is 20.2. The van der Waals surface area contributed by atoms with Gasteiger partial charge in [-0.2, -0.15) is 18.2 Å². The first-order chi connectivity index (χ1) is 15.1. The molecule has 166 valence electrons. The number of anilines is 3. The fourth-order valence-corrected chi connectivity index (χ4v) is 3.83. The number of benzene rings is 2. The van der Waals surface area contributed by atoms with Gasteiger partial charge in [0.25, 0.3) is 5.91 Å². The standard InChI is InChI=1S/C22H16ClF4N3O2/c1-12-9-14(24)4-6-16(12)29-11-30(18-7-8-19(32-2)28-20(18)23)21(31)15-10-13(22(25,26)27)3-5-17(15)29/h3-10H,11H2,1-2H3. The van der Waals surface area contributed by atoms with Crippen molar-refractivity contribution in [1.82, 2.24) is 4.98 Å². The van der Waals surface area contributed by atoms with Gasteiger partial charge in [-0.15, -0.1) is 0 Å². The van der Waals surface area contributed by atoms with Crippen molar-refractivity contribution in [2.45, 2.75) is 13.1 Å². The molecule has 2 heterocycles. The van der Waals surface area contributed by atoms with Crippen LogP contribution in [0, 0.1) is 12.7 Å². The minimum Gasteiger partial charge on any atom is -0.481 e. The van der Waals surface area contributed by atoms with Crippen LogP contribution in [-0.4, -0.2) is 24.7 Å². The van der Waals surface area contributed by atoms with Crippen LogP contribution >= 0.6 is 11.6 Å². The van der Waals surface area contributed by atoms with Gasteiger partial charge in [-0.25, -0.2) is 4.39 Å². The molecule has 1 amide bonds. The molecule has 0 atom stereocenters. The van der Waals surface area contributed by atoms with Crippen LogP contribution in [0.3, 0.4) is 0 Å². The Morgan fingerprint density at radius 1 is 1.00 bits per heavy atom. The lowest BCUT2D eigenvalue weighted by Crippen LogP contribution is -2.45. The average molecular weight is 466 g/mol. The quantitative estimate of drug-likeness (QED) is 0.353. The molecule has 1 aliphatic rings. The van der Waals surface area contributed by atoms with Gasteiger partial charge < -0.3 is 9.64 Å². The molecule has 0 spiro atoms. The topological polar surface area (TPSA) is 45.7 Å². The minimum absolute atomic E-state index is 0.0519. The zero-order chi connectivity index (χ0) is 23.2. The highest BCUT2D eigenvalue weighted by Crippen LogP contribution is 2.41. The molecule has 0 N–H and O–H groups in total. The van der Waals surface area contributed by atoms with E-state index in [0.717, 1.165) is 12.1 Å². The molecule has 10 heteroatoms. The summed E-state index contributed by atoms with van der Waals surface area (Å²) in [7, 11) is 1.40. The molecular weight excluding hydrogens is 450 g/mol. The van der Waals surface area contributed by atoms with E-state index in [1.165, 1.54) is 48.4 Å². The van der Waals surface area contributed by atoms with Crippen LogP contribution in [-0.2, 0) is 6.18 Å². The maximum absolute atomic E-state index is 13.7. The van der Waals surface area contributed by atoms with Crippen molar-refractivity contribution >= 4 is 34.6 Å². The number of amides is 1. The zero-order valence-corrected chi connectivity index (χ0v) is 17.6. The van der Waals surface area contributed by atoms with Gasteiger partial charge in [-0.1, -0.05) is 11.6 Å². The molecule has 0 saturated carbocycles. The van der Waals surface area contributed by atoms with E-state index < -0.39 is 23.5 Å². The fourth-order valence-electron chi connectivity index (χ4n) is 3.58. The first-order valence-corrected chi connectivity index (χ1v) is 9.75. The van der Waals surface area contributed by atoms with Gasteiger partial charge in [0.2, 0.25) is 5.88 Å². The lowest BCUT2D eigenvalue weighted by atomic mass is 10.0. The lowest BCUT2D eigenvalue weighted by Gasteiger charge is -2.39. The highest BCUT2D eigenvalue weighted by Gasteiger charge is 2.37. The smallest absolute Gasteiger partial charge is 0.416 e. The second-order valence-corrected chi connectivity index (χ2v) is 7.48. The van der Waals surface area contributed by atoms with Crippen molar-refractivity contribution in [2.75, 3.05) is 23.6 Å². The Balaban J connectivity index is 1.90. The number of halogens is 5. The van der Waals surface area contributed by atoms with Crippen molar-refractivity contribution < 1.29 is 27.1 Å². The van der Waals surface area contributed by atoms with Crippen LogP contribution in [0.25, 0.3) is 0 Å². The van der Waals surface area contributed by atoms with Gasteiger partial charge in [0, 0.05) is 11.8 Å². The van der Waals surface area contributed by atoms with Gasteiger partial charge in [0.15, 0.2) is 5.15 Å². The highest BCUT2D eigenvalue weighted by molar-refractivity contribution is 6.33. The lowest BCUT2D eigenvalue weighted by molar-refractivity contribution is -0.137.